The number of allylic oxidation sites excluding steroid dienone is 1. The van der Waals surface area contributed by atoms with Gasteiger partial charge in [-0.05, 0) is 30.7 Å². The summed E-state index contributed by atoms with van der Waals surface area (Å²) in [5.41, 5.74) is 5.69. The summed E-state index contributed by atoms with van der Waals surface area (Å²) < 4.78 is 1.84. The molecule has 27 heavy (non-hydrogen) atoms. The summed E-state index contributed by atoms with van der Waals surface area (Å²) in [6.07, 6.45) is 5.79. The fourth-order valence-corrected chi connectivity index (χ4v) is 4.05. The third-order valence-corrected chi connectivity index (χ3v) is 5.54. The van der Waals surface area contributed by atoms with Crippen LogP contribution in [0.25, 0.3) is 6.08 Å². The number of hydrogen-bond donors (Lipinski definition) is 3. The van der Waals surface area contributed by atoms with Crippen LogP contribution in [0, 0.1) is 17.8 Å². The standard InChI is InChI=1S/C20H29N3O3S/c1-15(2)14-18(19(24)21-23-12-7-13-27-23)17(20(25)22-26)11-6-10-16-8-4-3-5-9-16/h3-6,8-10,15,17-18,26H,7,11-14H2,1-2H3,(H,21,24)(H,22,25)/b10-6+/t17-,18+/m0/s1. The topological polar surface area (TPSA) is 81.7 Å². The van der Waals surface area contributed by atoms with Crippen LogP contribution >= 0.6 is 11.9 Å². The predicted octanol–water partition coefficient (Wildman–Crippen LogP) is 3.26. The largest absolute Gasteiger partial charge is 0.289 e. The molecular formula is C20H29N3O3S. The van der Waals surface area contributed by atoms with Crippen molar-refractivity contribution in [3.8, 4) is 0 Å². The number of carbonyl (C=O) groups is 2. The third-order valence-electron chi connectivity index (χ3n) is 4.48. The molecule has 1 heterocycles. The molecule has 1 aliphatic heterocycles. The Hall–Kier alpha value is -1.83. The van der Waals surface area contributed by atoms with E-state index < -0.39 is 17.7 Å². The monoisotopic (exact) mass is 391 g/mol. The third kappa shape index (κ3) is 7.01. The van der Waals surface area contributed by atoms with Gasteiger partial charge in [0.15, 0.2) is 0 Å². The SMILES string of the molecule is CC(C)C[C@@H](C(=O)NN1CCCS1)[C@H](C/C=C/c1ccccc1)C(=O)NO. The van der Waals surface area contributed by atoms with Crippen molar-refractivity contribution in [3.05, 3.63) is 42.0 Å². The summed E-state index contributed by atoms with van der Waals surface area (Å²) in [6, 6.07) is 9.78. The Labute approximate surface area is 165 Å². The van der Waals surface area contributed by atoms with Crippen molar-refractivity contribution in [2.24, 2.45) is 17.8 Å². The van der Waals surface area contributed by atoms with E-state index in [1.807, 2.05) is 60.7 Å². The van der Waals surface area contributed by atoms with Crippen LogP contribution in [0.15, 0.2) is 36.4 Å². The Morgan fingerprint density at radius 3 is 2.56 bits per heavy atom. The summed E-state index contributed by atoms with van der Waals surface area (Å²) in [5.74, 6) is -0.611. The number of hydrogen-bond acceptors (Lipinski definition) is 5. The fourth-order valence-electron chi connectivity index (χ4n) is 3.16. The van der Waals surface area contributed by atoms with Crippen LogP contribution in [0.4, 0.5) is 0 Å². The van der Waals surface area contributed by atoms with Crippen molar-refractivity contribution in [1.82, 2.24) is 15.3 Å². The molecule has 0 aromatic heterocycles. The summed E-state index contributed by atoms with van der Waals surface area (Å²) in [4.78, 5) is 25.2. The quantitative estimate of drug-likeness (QED) is 0.342. The molecule has 2 atom stereocenters. The van der Waals surface area contributed by atoms with Gasteiger partial charge in [-0.2, -0.15) is 4.41 Å². The van der Waals surface area contributed by atoms with Crippen LogP contribution in [0.2, 0.25) is 0 Å². The van der Waals surface area contributed by atoms with Crippen LogP contribution in [-0.2, 0) is 9.59 Å². The van der Waals surface area contributed by atoms with Crippen molar-refractivity contribution in [1.29, 1.82) is 0 Å². The first-order valence-corrected chi connectivity index (χ1v) is 10.3. The van der Waals surface area contributed by atoms with Gasteiger partial charge < -0.3 is 0 Å². The van der Waals surface area contributed by atoms with Crippen LogP contribution in [0.1, 0.15) is 38.7 Å². The lowest BCUT2D eigenvalue weighted by molar-refractivity contribution is -0.141. The highest BCUT2D eigenvalue weighted by Crippen LogP contribution is 2.26. The first kappa shape index (κ1) is 21.5. The normalized spacial score (nSPS) is 17.2. The van der Waals surface area contributed by atoms with Gasteiger partial charge in [0.1, 0.15) is 0 Å². The average Bonchev–Trinajstić information content (AvgIpc) is 3.16. The second-order valence-electron chi connectivity index (χ2n) is 7.13. The maximum Gasteiger partial charge on any atom is 0.247 e. The molecule has 1 aliphatic rings. The lowest BCUT2D eigenvalue weighted by Crippen LogP contribution is -2.45. The number of benzene rings is 1. The van der Waals surface area contributed by atoms with E-state index in [1.165, 1.54) is 0 Å². The Morgan fingerprint density at radius 1 is 1.22 bits per heavy atom. The van der Waals surface area contributed by atoms with Gasteiger partial charge in [0.05, 0.1) is 11.8 Å². The number of hydrazine groups is 1. The minimum absolute atomic E-state index is 0.167. The maximum absolute atomic E-state index is 12.9. The highest BCUT2D eigenvalue weighted by molar-refractivity contribution is 7.97. The number of amides is 2. The molecule has 6 nitrogen and oxygen atoms in total. The van der Waals surface area contributed by atoms with E-state index >= 15 is 0 Å². The molecule has 0 saturated carbocycles. The van der Waals surface area contributed by atoms with Gasteiger partial charge in [0.25, 0.3) is 0 Å². The molecule has 0 radical (unpaired) electrons. The molecule has 1 saturated heterocycles. The molecule has 3 N–H and O–H groups in total. The zero-order valence-electron chi connectivity index (χ0n) is 15.9. The summed E-state index contributed by atoms with van der Waals surface area (Å²) >= 11 is 1.59. The lowest BCUT2D eigenvalue weighted by Gasteiger charge is -2.27. The molecule has 0 aliphatic carbocycles. The van der Waals surface area contributed by atoms with Crippen molar-refractivity contribution >= 4 is 29.8 Å². The van der Waals surface area contributed by atoms with E-state index in [4.69, 9.17) is 0 Å². The summed E-state index contributed by atoms with van der Waals surface area (Å²) in [7, 11) is 0. The van der Waals surface area contributed by atoms with Gasteiger partial charge in [-0.15, -0.1) is 0 Å². The molecule has 1 aromatic carbocycles. The number of rotatable bonds is 9. The lowest BCUT2D eigenvalue weighted by atomic mass is 9.82. The van der Waals surface area contributed by atoms with Crippen molar-refractivity contribution < 1.29 is 14.8 Å². The Kier molecular flexibility index (Phi) is 8.84. The van der Waals surface area contributed by atoms with Crippen molar-refractivity contribution in [2.75, 3.05) is 12.3 Å². The molecular weight excluding hydrogens is 362 g/mol. The molecule has 2 amide bonds. The van der Waals surface area contributed by atoms with Crippen LogP contribution in [0.5, 0.6) is 0 Å². The summed E-state index contributed by atoms with van der Waals surface area (Å²) in [5, 5.41) is 9.20. The summed E-state index contributed by atoms with van der Waals surface area (Å²) in [6.45, 7) is 4.85. The van der Waals surface area contributed by atoms with Crippen LogP contribution in [0.3, 0.4) is 0 Å². The molecule has 2 rings (SSSR count). The Morgan fingerprint density at radius 2 is 1.96 bits per heavy atom. The van der Waals surface area contributed by atoms with E-state index in [1.54, 1.807) is 17.4 Å². The second-order valence-corrected chi connectivity index (χ2v) is 8.24. The maximum atomic E-state index is 12.9. The number of nitrogens with zero attached hydrogens (tertiary/aromatic N) is 1. The van der Waals surface area contributed by atoms with E-state index in [-0.39, 0.29) is 11.8 Å². The van der Waals surface area contributed by atoms with Crippen molar-refractivity contribution in [2.45, 2.75) is 33.1 Å². The molecule has 0 spiro atoms. The van der Waals surface area contributed by atoms with Gasteiger partial charge >= 0.3 is 0 Å². The number of carbonyl (C=O) groups excluding carboxylic acids is 2. The van der Waals surface area contributed by atoms with Gasteiger partial charge in [-0.3, -0.25) is 20.2 Å². The highest BCUT2D eigenvalue weighted by atomic mass is 32.2. The molecule has 1 aromatic rings. The molecule has 7 heteroatoms. The van der Waals surface area contributed by atoms with E-state index in [0.717, 1.165) is 24.3 Å². The van der Waals surface area contributed by atoms with Gasteiger partial charge in [-0.1, -0.05) is 68.3 Å². The smallest absolute Gasteiger partial charge is 0.247 e. The van der Waals surface area contributed by atoms with Crippen LogP contribution in [-0.4, -0.2) is 33.7 Å². The molecule has 148 valence electrons. The Balaban J connectivity index is 2.12. The fraction of sp³-hybridized carbons (Fsp3) is 0.500. The minimum Gasteiger partial charge on any atom is -0.289 e. The highest BCUT2D eigenvalue weighted by Gasteiger charge is 2.34. The van der Waals surface area contributed by atoms with Gasteiger partial charge in [0.2, 0.25) is 11.8 Å². The first-order chi connectivity index (χ1) is 13.0. The van der Waals surface area contributed by atoms with Gasteiger partial charge in [-0.25, -0.2) is 5.48 Å². The number of hydroxylamine groups is 1. The average molecular weight is 392 g/mol. The molecule has 0 unspecified atom stereocenters. The Bertz CT molecular complexity index is 631. The molecule has 1 fully saturated rings. The number of nitrogens with one attached hydrogen (secondary N) is 2. The van der Waals surface area contributed by atoms with Gasteiger partial charge in [0, 0.05) is 12.3 Å². The predicted molar refractivity (Wildman–Crippen MR) is 108 cm³/mol. The zero-order valence-corrected chi connectivity index (χ0v) is 16.7. The van der Waals surface area contributed by atoms with E-state index in [0.29, 0.717) is 12.8 Å². The molecule has 0 bridgehead atoms. The van der Waals surface area contributed by atoms with E-state index in [2.05, 4.69) is 5.43 Å². The van der Waals surface area contributed by atoms with Crippen LogP contribution < -0.4 is 10.9 Å². The zero-order chi connectivity index (χ0) is 19.6. The minimum atomic E-state index is -0.634. The second kappa shape index (κ2) is 11.1. The van der Waals surface area contributed by atoms with Crippen molar-refractivity contribution in [3.63, 3.8) is 0 Å². The van der Waals surface area contributed by atoms with E-state index in [9.17, 15) is 14.8 Å². The first-order valence-electron chi connectivity index (χ1n) is 9.37.